The minimum atomic E-state index is -3.05. The molecule has 0 radical (unpaired) electrons. The lowest BCUT2D eigenvalue weighted by Gasteiger charge is -2.49. The SMILES string of the molecule is O=CNc1nc(/C(=C/Cl)C(=O)N[C@@H]2C(=O)N3C(C(=O)O)=C(CSC4CCS(=O)(=O)C4)CS[C@@H]23)cs1. The Morgan fingerprint density at radius 2 is 2.17 bits per heavy atom. The van der Waals surface area contributed by atoms with E-state index >= 15 is 0 Å². The first kappa shape index (κ1) is 26.0. The smallest absolute Gasteiger partial charge is 0.352 e. The molecule has 35 heavy (non-hydrogen) atoms. The average Bonchev–Trinajstić information content (AvgIpc) is 3.41. The van der Waals surface area contributed by atoms with Gasteiger partial charge in [-0.05, 0) is 12.0 Å². The zero-order valence-corrected chi connectivity index (χ0v) is 21.8. The Balaban J connectivity index is 1.44. The van der Waals surface area contributed by atoms with Crippen LogP contribution in [0.25, 0.3) is 5.57 Å². The van der Waals surface area contributed by atoms with E-state index in [1.165, 1.54) is 33.8 Å². The molecule has 0 aromatic carbocycles. The molecule has 0 aliphatic carbocycles. The predicted octanol–water partition coefficient (Wildman–Crippen LogP) is 0.950. The summed E-state index contributed by atoms with van der Waals surface area (Å²) in [6.45, 7) is 0. The fourth-order valence-electron chi connectivity index (χ4n) is 3.86. The van der Waals surface area contributed by atoms with Crippen LogP contribution in [0.2, 0.25) is 0 Å². The normalized spacial score (nSPS) is 25.6. The Labute approximate surface area is 217 Å². The number of thioether (sulfide) groups is 2. The Kier molecular flexibility index (Phi) is 7.80. The number of nitrogens with one attached hydrogen (secondary N) is 2. The van der Waals surface area contributed by atoms with Crippen LogP contribution in [-0.2, 0) is 29.0 Å². The van der Waals surface area contributed by atoms with Gasteiger partial charge in [-0.3, -0.25) is 19.3 Å². The summed E-state index contributed by atoms with van der Waals surface area (Å²) in [4.78, 5) is 53.5. The molecule has 11 nitrogen and oxygen atoms in total. The van der Waals surface area contributed by atoms with Gasteiger partial charge in [0.25, 0.3) is 11.8 Å². The maximum Gasteiger partial charge on any atom is 0.352 e. The number of aromatic nitrogens is 1. The second-order valence-electron chi connectivity index (χ2n) is 7.78. The first-order valence-electron chi connectivity index (χ1n) is 10.1. The van der Waals surface area contributed by atoms with Gasteiger partial charge in [-0.25, -0.2) is 18.2 Å². The number of rotatable bonds is 9. The lowest BCUT2D eigenvalue weighted by molar-refractivity contribution is -0.150. The molecule has 3 aliphatic rings. The third-order valence-corrected chi connectivity index (χ3v) is 11.2. The monoisotopic (exact) mass is 578 g/mol. The first-order valence-corrected chi connectivity index (χ1v) is 15.4. The third kappa shape index (κ3) is 5.38. The number of carbonyl (C=O) groups is 4. The maximum absolute atomic E-state index is 12.9. The summed E-state index contributed by atoms with van der Waals surface area (Å²) >= 11 is 9.62. The van der Waals surface area contributed by atoms with Crippen molar-refractivity contribution in [2.75, 3.05) is 28.3 Å². The van der Waals surface area contributed by atoms with E-state index in [9.17, 15) is 32.7 Å². The Bertz CT molecular complexity index is 1250. The molecule has 3 aliphatic heterocycles. The van der Waals surface area contributed by atoms with Crippen LogP contribution in [0, 0.1) is 0 Å². The number of hydrogen-bond acceptors (Lipinski definition) is 10. The zero-order valence-electron chi connectivity index (χ0n) is 17.8. The average molecular weight is 579 g/mol. The van der Waals surface area contributed by atoms with E-state index in [4.69, 9.17) is 11.6 Å². The molecule has 1 unspecified atom stereocenters. The number of β-lactam (4-membered cyclic amide) rings is 1. The summed E-state index contributed by atoms with van der Waals surface area (Å²) in [5, 5.41) is 15.9. The van der Waals surface area contributed by atoms with Gasteiger partial charge in [-0.2, -0.15) is 11.8 Å². The minimum Gasteiger partial charge on any atom is -0.477 e. The molecule has 2 saturated heterocycles. The predicted molar refractivity (Wildman–Crippen MR) is 135 cm³/mol. The molecule has 3 atom stereocenters. The van der Waals surface area contributed by atoms with Gasteiger partial charge in [0.2, 0.25) is 6.41 Å². The summed E-state index contributed by atoms with van der Waals surface area (Å²) in [6, 6.07) is -0.950. The highest BCUT2D eigenvalue weighted by atomic mass is 35.5. The van der Waals surface area contributed by atoms with Crippen LogP contribution < -0.4 is 10.6 Å². The van der Waals surface area contributed by atoms with E-state index < -0.39 is 39.0 Å². The lowest BCUT2D eigenvalue weighted by Crippen LogP contribution is -2.70. The van der Waals surface area contributed by atoms with Gasteiger partial charge in [0.15, 0.2) is 15.0 Å². The van der Waals surface area contributed by atoms with Crippen LogP contribution >= 0.6 is 46.5 Å². The molecule has 3 N–H and O–H groups in total. The number of nitrogens with zero attached hydrogens (tertiary/aromatic N) is 2. The number of anilines is 1. The van der Waals surface area contributed by atoms with Gasteiger partial charge < -0.3 is 15.7 Å². The van der Waals surface area contributed by atoms with Crippen molar-refractivity contribution in [3.63, 3.8) is 0 Å². The van der Waals surface area contributed by atoms with Crippen LogP contribution in [0.4, 0.5) is 5.13 Å². The Morgan fingerprint density at radius 3 is 2.80 bits per heavy atom. The Hall–Kier alpha value is -2.07. The van der Waals surface area contributed by atoms with Crippen molar-refractivity contribution in [3.05, 3.63) is 27.9 Å². The summed E-state index contributed by atoms with van der Waals surface area (Å²) in [7, 11) is -3.05. The van der Waals surface area contributed by atoms with E-state index in [1.807, 2.05) is 0 Å². The highest BCUT2D eigenvalue weighted by molar-refractivity contribution is 8.02. The topological polar surface area (TPSA) is 163 Å². The number of carboxylic acid groups (broad SMARTS) is 1. The second kappa shape index (κ2) is 10.5. The van der Waals surface area contributed by atoms with Gasteiger partial charge in [0.05, 0.1) is 22.8 Å². The molecule has 2 fully saturated rings. The van der Waals surface area contributed by atoms with Crippen molar-refractivity contribution < 1.29 is 32.7 Å². The summed E-state index contributed by atoms with van der Waals surface area (Å²) in [5.41, 5.74) is 1.66. The van der Waals surface area contributed by atoms with E-state index in [0.717, 1.165) is 16.9 Å². The van der Waals surface area contributed by atoms with Gasteiger partial charge in [0.1, 0.15) is 17.1 Å². The van der Waals surface area contributed by atoms with Gasteiger partial charge in [-0.15, -0.1) is 23.1 Å². The van der Waals surface area contributed by atoms with Gasteiger partial charge in [0, 0.05) is 27.7 Å². The standard InChI is InChI=1S/C19H19ClN4O7S4/c20-3-11(12-6-34-19(22-12)21-8-25)15(26)23-13-16(27)24-14(18(28)29)9(5-33-17(13)24)4-32-10-1-2-35(30,31)7-10/h3,6,8,10,13,17H,1-2,4-5,7H2,(H,23,26)(H,28,29)(H,21,22,25)/b11-3-/t10?,13-,17+/m1/s1. The number of carbonyl (C=O) groups excluding carboxylic acids is 3. The maximum atomic E-state index is 12.9. The highest BCUT2D eigenvalue weighted by Crippen LogP contribution is 2.42. The van der Waals surface area contributed by atoms with Crippen LogP contribution in [0.3, 0.4) is 0 Å². The quantitative estimate of drug-likeness (QED) is 0.218. The molecule has 4 rings (SSSR count). The first-order chi connectivity index (χ1) is 16.6. The zero-order chi connectivity index (χ0) is 25.3. The van der Waals surface area contributed by atoms with Gasteiger partial charge in [-0.1, -0.05) is 11.6 Å². The van der Waals surface area contributed by atoms with Crippen molar-refractivity contribution in [3.8, 4) is 0 Å². The fourth-order valence-corrected chi connectivity index (χ4v) is 9.88. The molecule has 0 spiro atoms. The van der Waals surface area contributed by atoms with E-state index in [2.05, 4.69) is 15.6 Å². The van der Waals surface area contributed by atoms with E-state index in [0.29, 0.717) is 29.9 Å². The van der Waals surface area contributed by atoms with Gasteiger partial charge >= 0.3 is 5.97 Å². The summed E-state index contributed by atoms with van der Waals surface area (Å²) < 4.78 is 23.4. The number of amides is 3. The number of halogens is 1. The number of hydrogen-bond donors (Lipinski definition) is 3. The lowest BCUT2D eigenvalue weighted by atomic mass is 10.0. The summed E-state index contributed by atoms with van der Waals surface area (Å²) in [5.74, 6) is -1.63. The number of fused-ring (bicyclic) bond motifs is 1. The van der Waals surface area contributed by atoms with Crippen molar-refractivity contribution in [1.82, 2.24) is 15.2 Å². The molecule has 4 heterocycles. The highest BCUT2D eigenvalue weighted by Gasteiger charge is 2.54. The molecule has 0 bridgehead atoms. The number of thiazole rings is 1. The summed E-state index contributed by atoms with van der Waals surface area (Å²) in [6.07, 6.45) is 0.974. The molecular formula is C19H19ClN4O7S4. The minimum absolute atomic E-state index is 0.00784. The van der Waals surface area contributed by atoms with Crippen LogP contribution in [0.5, 0.6) is 0 Å². The second-order valence-corrected chi connectivity index (χ2v) is 13.5. The van der Waals surface area contributed by atoms with Crippen LogP contribution in [0.15, 0.2) is 22.2 Å². The van der Waals surface area contributed by atoms with E-state index in [1.54, 1.807) is 0 Å². The van der Waals surface area contributed by atoms with Crippen molar-refractivity contribution in [2.24, 2.45) is 0 Å². The molecule has 1 aromatic rings. The number of sulfone groups is 1. The molecule has 188 valence electrons. The van der Waals surface area contributed by atoms with E-state index in [-0.39, 0.29) is 38.9 Å². The van der Waals surface area contributed by atoms with Crippen molar-refractivity contribution >= 4 is 91.2 Å². The molecular weight excluding hydrogens is 560 g/mol. The number of carboxylic acids is 1. The van der Waals surface area contributed by atoms with Crippen LogP contribution in [-0.4, -0.2) is 87.3 Å². The molecule has 0 saturated carbocycles. The molecule has 1 aromatic heterocycles. The molecule has 3 amide bonds. The number of aliphatic carboxylic acids is 1. The molecule has 16 heteroatoms. The largest absolute Gasteiger partial charge is 0.477 e. The van der Waals surface area contributed by atoms with Crippen molar-refractivity contribution in [2.45, 2.75) is 23.1 Å². The third-order valence-electron chi connectivity index (χ3n) is 5.54. The van der Waals surface area contributed by atoms with Crippen LogP contribution in [0.1, 0.15) is 12.1 Å². The Morgan fingerprint density at radius 1 is 1.40 bits per heavy atom. The van der Waals surface area contributed by atoms with Crippen molar-refractivity contribution in [1.29, 1.82) is 0 Å². The fraction of sp³-hybridized carbons (Fsp3) is 0.421.